The van der Waals surface area contributed by atoms with Crippen molar-refractivity contribution in [1.82, 2.24) is 15.0 Å². The Balaban J connectivity index is 1.44. The Morgan fingerprint density at radius 3 is 2.60 bits per heavy atom. The third-order valence-electron chi connectivity index (χ3n) is 4.81. The van der Waals surface area contributed by atoms with Crippen molar-refractivity contribution in [3.05, 3.63) is 41.0 Å². The molecule has 2 aliphatic heterocycles. The van der Waals surface area contributed by atoms with E-state index >= 15 is 0 Å². The average molecular weight is 414 g/mol. The first kappa shape index (κ1) is 16.6. The Hall–Kier alpha value is -1.90. The number of anilines is 2. The van der Waals surface area contributed by atoms with E-state index in [1.54, 1.807) is 18.5 Å². The molecule has 0 atom stereocenters. The van der Waals surface area contributed by atoms with Crippen molar-refractivity contribution >= 4 is 27.4 Å². The fraction of sp³-hybridized carbons (Fsp3) is 0.438. The zero-order valence-corrected chi connectivity index (χ0v) is 14.8. The van der Waals surface area contributed by atoms with Crippen LogP contribution in [-0.2, 0) is 6.18 Å². The van der Waals surface area contributed by atoms with Crippen molar-refractivity contribution in [2.75, 3.05) is 36.0 Å². The summed E-state index contributed by atoms with van der Waals surface area (Å²) in [4.78, 5) is 16.2. The minimum absolute atomic E-state index is 0.103. The molecule has 1 spiro atoms. The molecule has 0 amide bonds. The van der Waals surface area contributed by atoms with Gasteiger partial charge in [-0.15, -0.1) is 0 Å². The SMILES string of the molecule is FC(F)(F)c1cc(N2CC3(CCN(c4cncc(Br)n4)C3)C2)ccn1. The molecule has 2 aromatic heterocycles. The van der Waals surface area contributed by atoms with Gasteiger partial charge in [0.1, 0.15) is 16.1 Å². The second-order valence-electron chi connectivity index (χ2n) is 6.62. The van der Waals surface area contributed by atoms with E-state index in [9.17, 15) is 13.2 Å². The van der Waals surface area contributed by atoms with Crippen LogP contribution in [0.25, 0.3) is 0 Å². The van der Waals surface area contributed by atoms with Gasteiger partial charge >= 0.3 is 6.18 Å². The molecule has 132 valence electrons. The molecule has 4 rings (SSSR count). The Morgan fingerprint density at radius 1 is 1.12 bits per heavy atom. The second-order valence-corrected chi connectivity index (χ2v) is 7.44. The first-order valence-electron chi connectivity index (χ1n) is 7.85. The van der Waals surface area contributed by atoms with Crippen LogP contribution in [0.2, 0.25) is 0 Å². The van der Waals surface area contributed by atoms with Crippen molar-refractivity contribution in [3.63, 3.8) is 0 Å². The lowest BCUT2D eigenvalue weighted by Crippen LogP contribution is -2.57. The second kappa shape index (κ2) is 5.82. The van der Waals surface area contributed by atoms with Crippen LogP contribution >= 0.6 is 15.9 Å². The number of hydrogen-bond acceptors (Lipinski definition) is 5. The van der Waals surface area contributed by atoms with E-state index in [1.807, 2.05) is 4.90 Å². The standard InChI is InChI=1S/C16H15BrF3N5/c17-13-6-21-7-14(23-13)24-4-2-15(8-24)9-25(10-15)11-1-3-22-12(5-11)16(18,19)20/h1,3,5-7H,2,4,8-10H2. The lowest BCUT2D eigenvalue weighted by atomic mass is 9.79. The molecule has 0 saturated carbocycles. The van der Waals surface area contributed by atoms with Crippen LogP contribution in [-0.4, -0.2) is 41.1 Å². The molecule has 25 heavy (non-hydrogen) atoms. The van der Waals surface area contributed by atoms with Gasteiger partial charge in [0.2, 0.25) is 0 Å². The topological polar surface area (TPSA) is 45.2 Å². The van der Waals surface area contributed by atoms with Crippen LogP contribution in [0, 0.1) is 5.41 Å². The predicted octanol–water partition coefficient (Wildman–Crippen LogP) is 3.37. The monoisotopic (exact) mass is 413 g/mol. The number of aromatic nitrogens is 3. The Morgan fingerprint density at radius 2 is 1.88 bits per heavy atom. The lowest BCUT2D eigenvalue weighted by molar-refractivity contribution is -0.141. The molecule has 0 aliphatic carbocycles. The molecule has 2 saturated heterocycles. The van der Waals surface area contributed by atoms with Crippen LogP contribution in [0.5, 0.6) is 0 Å². The zero-order chi connectivity index (χ0) is 17.7. The molecule has 0 radical (unpaired) electrons. The summed E-state index contributed by atoms with van der Waals surface area (Å²) in [7, 11) is 0. The van der Waals surface area contributed by atoms with Gasteiger partial charge in [-0.1, -0.05) is 0 Å². The largest absolute Gasteiger partial charge is 0.433 e. The van der Waals surface area contributed by atoms with Gasteiger partial charge in [0.25, 0.3) is 0 Å². The van der Waals surface area contributed by atoms with Gasteiger partial charge in [0.15, 0.2) is 0 Å². The molecule has 5 nitrogen and oxygen atoms in total. The molecule has 0 aromatic carbocycles. The maximum atomic E-state index is 12.8. The van der Waals surface area contributed by atoms with E-state index in [0.29, 0.717) is 10.3 Å². The normalized spacial score (nSPS) is 19.4. The van der Waals surface area contributed by atoms with Gasteiger partial charge in [-0.2, -0.15) is 13.2 Å². The summed E-state index contributed by atoms with van der Waals surface area (Å²) < 4.78 is 39.1. The fourth-order valence-corrected chi connectivity index (χ4v) is 3.89. The van der Waals surface area contributed by atoms with Gasteiger partial charge in [0.05, 0.1) is 12.4 Å². The van der Waals surface area contributed by atoms with E-state index in [4.69, 9.17) is 0 Å². The smallest absolute Gasteiger partial charge is 0.370 e. The maximum absolute atomic E-state index is 12.8. The molecular formula is C16H15BrF3N5. The summed E-state index contributed by atoms with van der Waals surface area (Å²) in [5.41, 5.74) is -0.164. The van der Waals surface area contributed by atoms with E-state index in [0.717, 1.165) is 44.5 Å². The van der Waals surface area contributed by atoms with Gasteiger partial charge < -0.3 is 9.80 Å². The van der Waals surface area contributed by atoms with Crippen molar-refractivity contribution in [1.29, 1.82) is 0 Å². The van der Waals surface area contributed by atoms with Crippen LogP contribution in [0.15, 0.2) is 35.3 Å². The van der Waals surface area contributed by atoms with Gasteiger partial charge in [-0.25, -0.2) is 4.98 Å². The average Bonchev–Trinajstić information content (AvgIpc) is 2.98. The molecule has 9 heteroatoms. The van der Waals surface area contributed by atoms with Crippen molar-refractivity contribution in [2.24, 2.45) is 5.41 Å². The van der Waals surface area contributed by atoms with Crippen LogP contribution < -0.4 is 9.80 Å². The number of rotatable bonds is 2. The minimum Gasteiger partial charge on any atom is -0.370 e. The third kappa shape index (κ3) is 3.17. The molecule has 4 heterocycles. The molecule has 2 aromatic rings. The molecule has 2 fully saturated rings. The van der Waals surface area contributed by atoms with E-state index < -0.39 is 11.9 Å². The highest BCUT2D eigenvalue weighted by Gasteiger charge is 2.48. The van der Waals surface area contributed by atoms with E-state index in [1.165, 1.54) is 6.20 Å². The molecule has 0 bridgehead atoms. The van der Waals surface area contributed by atoms with Crippen LogP contribution in [0.4, 0.5) is 24.7 Å². The highest BCUT2D eigenvalue weighted by Crippen LogP contribution is 2.43. The number of nitrogens with zero attached hydrogens (tertiary/aromatic N) is 5. The number of alkyl halides is 3. The Kier molecular flexibility index (Phi) is 3.86. The highest BCUT2D eigenvalue weighted by atomic mass is 79.9. The predicted molar refractivity (Wildman–Crippen MR) is 90.4 cm³/mol. The van der Waals surface area contributed by atoms with Crippen molar-refractivity contribution in [2.45, 2.75) is 12.6 Å². The van der Waals surface area contributed by atoms with E-state index in [2.05, 4.69) is 35.8 Å². The summed E-state index contributed by atoms with van der Waals surface area (Å²) in [5, 5.41) is 0. The third-order valence-corrected chi connectivity index (χ3v) is 5.19. The quantitative estimate of drug-likeness (QED) is 0.754. The molecule has 2 aliphatic rings. The first-order chi connectivity index (χ1) is 11.8. The summed E-state index contributed by atoms with van der Waals surface area (Å²) >= 11 is 3.33. The summed E-state index contributed by atoms with van der Waals surface area (Å²) in [6.45, 7) is 3.20. The number of hydrogen-bond donors (Lipinski definition) is 0. The van der Waals surface area contributed by atoms with E-state index in [-0.39, 0.29) is 5.41 Å². The summed E-state index contributed by atoms with van der Waals surface area (Å²) in [5.74, 6) is 0.827. The van der Waals surface area contributed by atoms with Gasteiger partial charge in [-0.3, -0.25) is 9.97 Å². The first-order valence-corrected chi connectivity index (χ1v) is 8.65. The Labute approximate surface area is 151 Å². The minimum atomic E-state index is -4.41. The van der Waals surface area contributed by atoms with Gasteiger partial charge in [0, 0.05) is 43.5 Å². The molecule has 0 unspecified atom stereocenters. The zero-order valence-electron chi connectivity index (χ0n) is 13.2. The highest BCUT2D eigenvalue weighted by molar-refractivity contribution is 9.10. The summed E-state index contributed by atoms with van der Waals surface area (Å²) in [6.07, 6.45) is 1.18. The lowest BCUT2D eigenvalue weighted by Gasteiger charge is -2.49. The summed E-state index contributed by atoms with van der Waals surface area (Å²) in [6, 6.07) is 2.76. The Bertz CT molecular complexity index is 791. The van der Waals surface area contributed by atoms with Crippen LogP contribution in [0.1, 0.15) is 12.1 Å². The number of pyridine rings is 1. The van der Waals surface area contributed by atoms with Crippen molar-refractivity contribution in [3.8, 4) is 0 Å². The number of halogens is 4. The van der Waals surface area contributed by atoms with Crippen molar-refractivity contribution < 1.29 is 13.2 Å². The van der Waals surface area contributed by atoms with Gasteiger partial charge in [-0.05, 0) is 34.5 Å². The molecule has 0 N–H and O–H groups in total. The molecular weight excluding hydrogens is 399 g/mol. The maximum Gasteiger partial charge on any atom is 0.433 e. The van der Waals surface area contributed by atoms with Crippen LogP contribution in [0.3, 0.4) is 0 Å². The fourth-order valence-electron chi connectivity index (χ4n) is 3.59.